The van der Waals surface area contributed by atoms with Crippen LogP contribution in [0.25, 0.3) is 0 Å². The minimum Gasteiger partial charge on any atom is -0.355 e. The SMILES string of the molecule is CCN(CCNC(=NC)N1CCSC(C(C)C)C1)C(C)C. The van der Waals surface area contributed by atoms with E-state index < -0.39 is 0 Å². The fraction of sp³-hybridized carbons (Fsp3) is 0.938. The van der Waals surface area contributed by atoms with Crippen LogP contribution in [0.1, 0.15) is 34.6 Å². The molecule has 124 valence electrons. The molecule has 21 heavy (non-hydrogen) atoms. The Morgan fingerprint density at radius 1 is 1.38 bits per heavy atom. The van der Waals surface area contributed by atoms with E-state index in [-0.39, 0.29) is 0 Å². The van der Waals surface area contributed by atoms with Crippen molar-refractivity contribution < 1.29 is 0 Å². The molecule has 0 amide bonds. The summed E-state index contributed by atoms with van der Waals surface area (Å²) in [6, 6.07) is 0.607. The van der Waals surface area contributed by atoms with Crippen LogP contribution in [0.4, 0.5) is 0 Å². The molecule has 4 nitrogen and oxygen atoms in total. The van der Waals surface area contributed by atoms with Crippen molar-refractivity contribution in [3.8, 4) is 0 Å². The highest BCUT2D eigenvalue weighted by molar-refractivity contribution is 8.00. The summed E-state index contributed by atoms with van der Waals surface area (Å²) in [6.07, 6.45) is 0. The van der Waals surface area contributed by atoms with Crippen molar-refractivity contribution in [3.63, 3.8) is 0 Å². The molecule has 1 heterocycles. The third-order valence-electron chi connectivity index (χ3n) is 4.17. The first-order valence-corrected chi connectivity index (χ1v) is 9.35. The minimum atomic E-state index is 0.607. The molecule has 1 N–H and O–H groups in total. The van der Waals surface area contributed by atoms with Crippen molar-refractivity contribution >= 4 is 17.7 Å². The van der Waals surface area contributed by atoms with Crippen LogP contribution in [0.5, 0.6) is 0 Å². The Morgan fingerprint density at radius 3 is 2.62 bits per heavy atom. The lowest BCUT2D eigenvalue weighted by atomic mass is 10.1. The van der Waals surface area contributed by atoms with Gasteiger partial charge in [0.25, 0.3) is 0 Å². The van der Waals surface area contributed by atoms with Gasteiger partial charge in [-0.25, -0.2) is 0 Å². The number of nitrogens with zero attached hydrogens (tertiary/aromatic N) is 3. The van der Waals surface area contributed by atoms with Crippen molar-refractivity contribution in [1.29, 1.82) is 0 Å². The Hall–Kier alpha value is -0.420. The average Bonchev–Trinajstić information content (AvgIpc) is 2.47. The van der Waals surface area contributed by atoms with Gasteiger partial charge in [-0.05, 0) is 26.3 Å². The summed E-state index contributed by atoms with van der Waals surface area (Å²) in [7, 11) is 1.90. The number of hydrogen-bond acceptors (Lipinski definition) is 3. The molecule has 1 saturated heterocycles. The van der Waals surface area contributed by atoms with Gasteiger partial charge < -0.3 is 10.2 Å². The molecular formula is C16H34N4S. The Balaban J connectivity index is 2.44. The fourth-order valence-electron chi connectivity index (χ4n) is 2.70. The van der Waals surface area contributed by atoms with Gasteiger partial charge in [0, 0.05) is 50.3 Å². The molecule has 0 saturated carbocycles. The molecule has 0 aromatic carbocycles. The molecule has 1 fully saturated rings. The molecular weight excluding hydrogens is 280 g/mol. The maximum atomic E-state index is 4.48. The molecule has 5 heteroatoms. The van der Waals surface area contributed by atoms with E-state index in [1.165, 1.54) is 5.75 Å². The molecule has 0 spiro atoms. The van der Waals surface area contributed by atoms with E-state index in [9.17, 15) is 0 Å². The van der Waals surface area contributed by atoms with Crippen LogP contribution in [-0.4, -0.2) is 72.6 Å². The highest BCUT2D eigenvalue weighted by Gasteiger charge is 2.24. The maximum absolute atomic E-state index is 4.48. The lowest BCUT2D eigenvalue weighted by molar-refractivity contribution is 0.236. The minimum absolute atomic E-state index is 0.607. The molecule has 1 unspecified atom stereocenters. The van der Waals surface area contributed by atoms with Crippen LogP contribution in [-0.2, 0) is 0 Å². The van der Waals surface area contributed by atoms with E-state index in [0.29, 0.717) is 6.04 Å². The van der Waals surface area contributed by atoms with Gasteiger partial charge in [-0.3, -0.25) is 9.89 Å². The monoisotopic (exact) mass is 314 g/mol. The predicted molar refractivity (Wildman–Crippen MR) is 96.4 cm³/mol. The summed E-state index contributed by atoms with van der Waals surface area (Å²) in [4.78, 5) is 9.38. The van der Waals surface area contributed by atoms with Gasteiger partial charge in [0.05, 0.1) is 0 Å². The number of thioether (sulfide) groups is 1. The molecule has 1 rings (SSSR count). The van der Waals surface area contributed by atoms with Gasteiger partial charge in [0.15, 0.2) is 5.96 Å². The summed E-state index contributed by atoms with van der Waals surface area (Å²) in [6.45, 7) is 16.7. The van der Waals surface area contributed by atoms with Gasteiger partial charge in [-0.2, -0.15) is 11.8 Å². The third-order valence-corrected chi connectivity index (χ3v) is 5.71. The van der Waals surface area contributed by atoms with Crippen molar-refractivity contribution in [2.45, 2.75) is 45.9 Å². The zero-order valence-corrected chi connectivity index (χ0v) is 15.5. The number of likely N-dealkylation sites (N-methyl/N-ethyl adjacent to an activating group) is 1. The Morgan fingerprint density at radius 2 is 2.10 bits per heavy atom. The molecule has 1 atom stereocenters. The van der Waals surface area contributed by atoms with Crippen LogP contribution in [0.15, 0.2) is 4.99 Å². The highest BCUT2D eigenvalue weighted by Crippen LogP contribution is 2.24. The molecule has 0 radical (unpaired) electrons. The molecule has 0 bridgehead atoms. The van der Waals surface area contributed by atoms with E-state index in [1.54, 1.807) is 0 Å². The maximum Gasteiger partial charge on any atom is 0.193 e. The number of nitrogens with one attached hydrogen (secondary N) is 1. The quantitative estimate of drug-likeness (QED) is 0.602. The van der Waals surface area contributed by atoms with Crippen LogP contribution >= 0.6 is 11.8 Å². The van der Waals surface area contributed by atoms with Crippen molar-refractivity contribution in [1.82, 2.24) is 15.1 Å². The van der Waals surface area contributed by atoms with E-state index in [4.69, 9.17) is 0 Å². The second-order valence-corrected chi connectivity index (χ2v) is 7.64. The van der Waals surface area contributed by atoms with E-state index in [2.05, 4.69) is 66.5 Å². The Kier molecular flexibility index (Phi) is 8.49. The first-order valence-electron chi connectivity index (χ1n) is 8.30. The van der Waals surface area contributed by atoms with Gasteiger partial charge in [-0.15, -0.1) is 0 Å². The van der Waals surface area contributed by atoms with Gasteiger partial charge in [0.2, 0.25) is 0 Å². The van der Waals surface area contributed by atoms with Gasteiger partial charge in [0.1, 0.15) is 0 Å². The molecule has 1 aliphatic heterocycles. The number of hydrogen-bond donors (Lipinski definition) is 1. The topological polar surface area (TPSA) is 30.9 Å². The van der Waals surface area contributed by atoms with E-state index in [0.717, 1.165) is 49.9 Å². The summed E-state index contributed by atoms with van der Waals surface area (Å²) in [5, 5.41) is 4.27. The summed E-state index contributed by atoms with van der Waals surface area (Å²) < 4.78 is 0. The summed E-state index contributed by atoms with van der Waals surface area (Å²) in [5.41, 5.74) is 0. The normalized spacial score (nSPS) is 20.7. The molecule has 0 aliphatic carbocycles. The Labute approximate surface area is 135 Å². The average molecular weight is 315 g/mol. The van der Waals surface area contributed by atoms with Crippen LogP contribution in [0, 0.1) is 5.92 Å². The van der Waals surface area contributed by atoms with Crippen LogP contribution in [0.2, 0.25) is 0 Å². The number of guanidine groups is 1. The zero-order chi connectivity index (χ0) is 15.8. The first kappa shape index (κ1) is 18.6. The number of rotatable bonds is 6. The second kappa shape index (κ2) is 9.57. The molecule has 1 aliphatic rings. The fourth-order valence-corrected chi connectivity index (χ4v) is 3.99. The van der Waals surface area contributed by atoms with E-state index in [1.807, 2.05) is 7.05 Å². The first-order chi connectivity index (χ1) is 9.99. The highest BCUT2D eigenvalue weighted by atomic mass is 32.2. The van der Waals surface area contributed by atoms with Gasteiger partial charge >= 0.3 is 0 Å². The lowest BCUT2D eigenvalue weighted by Crippen LogP contribution is -2.50. The molecule has 0 aromatic heterocycles. The number of aliphatic imine (C=N–C) groups is 1. The predicted octanol–water partition coefficient (Wildman–Crippen LogP) is 2.37. The smallest absolute Gasteiger partial charge is 0.193 e. The van der Waals surface area contributed by atoms with Crippen LogP contribution < -0.4 is 5.32 Å². The van der Waals surface area contributed by atoms with Gasteiger partial charge in [-0.1, -0.05) is 20.8 Å². The largest absolute Gasteiger partial charge is 0.355 e. The zero-order valence-electron chi connectivity index (χ0n) is 14.7. The summed E-state index contributed by atoms with van der Waals surface area (Å²) >= 11 is 2.11. The van der Waals surface area contributed by atoms with Crippen molar-refractivity contribution in [2.75, 3.05) is 45.5 Å². The standard InChI is InChI=1S/C16H34N4S/c1-7-19(14(4)5)9-8-18-16(17-6)20-10-11-21-15(12-20)13(2)3/h13-15H,7-12H2,1-6H3,(H,17,18). The summed E-state index contributed by atoms with van der Waals surface area (Å²) in [5.74, 6) is 3.00. The Bertz CT molecular complexity index is 317. The van der Waals surface area contributed by atoms with E-state index >= 15 is 0 Å². The van der Waals surface area contributed by atoms with Crippen molar-refractivity contribution in [2.24, 2.45) is 10.9 Å². The lowest BCUT2D eigenvalue weighted by Gasteiger charge is -2.36. The molecule has 0 aromatic rings. The second-order valence-electron chi connectivity index (χ2n) is 6.30. The third kappa shape index (κ3) is 6.07. The van der Waals surface area contributed by atoms with Crippen molar-refractivity contribution in [3.05, 3.63) is 0 Å². The van der Waals surface area contributed by atoms with Crippen LogP contribution in [0.3, 0.4) is 0 Å².